The highest BCUT2D eigenvalue weighted by Gasteiger charge is 2.22. The van der Waals surface area contributed by atoms with Crippen LogP contribution in [0.1, 0.15) is 12.5 Å². The zero-order valence-electron chi connectivity index (χ0n) is 7.83. The molecule has 0 spiro atoms. The van der Waals surface area contributed by atoms with E-state index in [9.17, 15) is 0 Å². The molecule has 0 saturated heterocycles. The molecule has 1 aliphatic heterocycles. The lowest BCUT2D eigenvalue weighted by molar-refractivity contribution is 0.254. The molecule has 2 N–H and O–H groups in total. The molecule has 1 atom stereocenters. The fourth-order valence-electron chi connectivity index (χ4n) is 1.63. The number of anilines is 1. The van der Waals surface area contributed by atoms with Crippen molar-refractivity contribution in [3.05, 3.63) is 17.7 Å². The average molecular weight is 179 g/mol. The molecule has 0 bridgehead atoms. The van der Waals surface area contributed by atoms with E-state index in [4.69, 9.17) is 15.2 Å². The minimum Gasteiger partial charge on any atom is -0.497 e. The van der Waals surface area contributed by atoms with Gasteiger partial charge >= 0.3 is 0 Å². The molecule has 1 aromatic rings. The van der Waals surface area contributed by atoms with Gasteiger partial charge < -0.3 is 15.2 Å². The largest absolute Gasteiger partial charge is 0.497 e. The van der Waals surface area contributed by atoms with E-state index in [2.05, 4.69) is 0 Å². The average Bonchev–Trinajstić information content (AvgIpc) is 2.46. The highest BCUT2D eigenvalue weighted by molar-refractivity contribution is 5.60. The second kappa shape index (κ2) is 2.83. The zero-order valence-corrected chi connectivity index (χ0v) is 7.83. The van der Waals surface area contributed by atoms with Crippen LogP contribution in [0.25, 0.3) is 0 Å². The maximum atomic E-state index is 5.85. The number of rotatable bonds is 1. The summed E-state index contributed by atoms with van der Waals surface area (Å²) in [4.78, 5) is 0. The van der Waals surface area contributed by atoms with Gasteiger partial charge in [0, 0.05) is 29.8 Å². The summed E-state index contributed by atoms with van der Waals surface area (Å²) in [6, 6.07) is 3.72. The molecule has 2 rings (SSSR count). The third-order valence-electron chi connectivity index (χ3n) is 2.27. The lowest BCUT2D eigenvalue weighted by Gasteiger charge is -2.06. The Morgan fingerprint density at radius 1 is 1.54 bits per heavy atom. The molecule has 1 aliphatic rings. The molecular formula is C10H13NO2. The molecule has 3 heteroatoms. The van der Waals surface area contributed by atoms with Crippen molar-refractivity contribution in [3.63, 3.8) is 0 Å². The van der Waals surface area contributed by atoms with E-state index in [1.165, 1.54) is 0 Å². The van der Waals surface area contributed by atoms with Crippen LogP contribution in [0.3, 0.4) is 0 Å². The van der Waals surface area contributed by atoms with Crippen LogP contribution >= 0.6 is 0 Å². The van der Waals surface area contributed by atoms with Gasteiger partial charge in [0.05, 0.1) is 7.11 Å². The van der Waals surface area contributed by atoms with Crippen molar-refractivity contribution in [2.24, 2.45) is 0 Å². The Hall–Kier alpha value is -1.38. The van der Waals surface area contributed by atoms with Crippen LogP contribution in [-0.2, 0) is 6.42 Å². The van der Waals surface area contributed by atoms with Crippen molar-refractivity contribution in [2.75, 3.05) is 12.8 Å². The summed E-state index contributed by atoms with van der Waals surface area (Å²) in [5, 5.41) is 0. The molecule has 0 amide bonds. The van der Waals surface area contributed by atoms with Crippen molar-refractivity contribution in [3.8, 4) is 11.5 Å². The topological polar surface area (TPSA) is 44.5 Å². The first kappa shape index (κ1) is 8.23. The fraction of sp³-hybridized carbons (Fsp3) is 0.400. The number of fused-ring (bicyclic) bond motifs is 1. The summed E-state index contributed by atoms with van der Waals surface area (Å²) >= 11 is 0. The standard InChI is InChI=1S/C10H13NO2/c1-6-3-8-9(11)4-7(12-2)5-10(8)13-6/h4-6H,3,11H2,1-2H3. The normalized spacial score (nSPS) is 19.4. The van der Waals surface area contributed by atoms with Crippen LogP contribution in [0.5, 0.6) is 11.5 Å². The summed E-state index contributed by atoms with van der Waals surface area (Å²) in [6.07, 6.45) is 1.12. The van der Waals surface area contributed by atoms with Gasteiger partial charge in [-0.25, -0.2) is 0 Å². The van der Waals surface area contributed by atoms with Gasteiger partial charge in [-0.3, -0.25) is 0 Å². The predicted molar refractivity (Wildman–Crippen MR) is 51.2 cm³/mol. The Balaban J connectivity index is 2.46. The number of ether oxygens (including phenoxy) is 2. The predicted octanol–water partition coefficient (Wildman–Crippen LogP) is 1.60. The maximum absolute atomic E-state index is 5.85. The van der Waals surface area contributed by atoms with Gasteiger partial charge in [0.2, 0.25) is 0 Å². The summed E-state index contributed by atoms with van der Waals surface area (Å²) in [6.45, 7) is 2.03. The van der Waals surface area contributed by atoms with Gasteiger partial charge in [0.1, 0.15) is 17.6 Å². The monoisotopic (exact) mass is 179 g/mol. The van der Waals surface area contributed by atoms with Gasteiger partial charge in [-0.05, 0) is 6.92 Å². The molecule has 0 radical (unpaired) electrons. The summed E-state index contributed by atoms with van der Waals surface area (Å²) in [7, 11) is 1.62. The van der Waals surface area contributed by atoms with Gasteiger partial charge in [-0.1, -0.05) is 0 Å². The lowest BCUT2D eigenvalue weighted by atomic mass is 10.1. The molecule has 1 aromatic carbocycles. The smallest absolute Gasteiger partial charge is 0.128 e. The Labute approximate surface area is 77.5 Å². The Kier molecular flexibility index (Phi) is 1.79. The first-order valence-electron chi connectivity index (χ1n) is 4.33. The third-order valence-corrected chi connectivity index (χ3v) is 2.27. The minimum atomic E-state index is 0.226. The van der Waals surface area contributed by atoms with E-state index in [-0.39, 0.29) is 6.10 Å². The number of benzene rings is 1. The molecule has 0 aliphatic carbocycles. The number of nitrogen functional groups attached to an aromatic ring is 1. The molecule has 0 saturated carbocycles. The number of methoxy groups -OCH3 is 1. The first-order valence-corrected chi connectivity index (χ1v) is 4.33. The van der Waals surface area contributed by atoms with E-state index in [1.54, 1.807) is 7.11 Å². The van der Waals surface area contributed by atoms with Crippen LogP contribution < -0.4 is 15.2 Å². The molecule has 1 heterocycles. The number of nitrogens with two attached hydrogens (primary N) is 1. The highest BCUT2D eigenvalue weighted by atomic mass is 16.5. The van der Waals surface area contributed by atoms with E-state index in [1.807, 2.05) is 19.1 Å². The Bertz CT molecular complexity index is 336. The van der Waals surface area contributed by atoms with Gasteiger partial charge in [-0.2, -0.15) is 0 Å². The van der Waals surface area contributed by atoms with E-state index in [0.29, 0.717) is 0 Å². The first-order chi connectivity index (χ1) is 6.20. The van der Waals surface area contributed by atoms with Crippen LogP contribution in [0.2, 0.25) is 0 Å². The SMILES string of the molecule is COc1cc(N)c2c(c1)OC(C)C2. The number of hydrogen-bond donors (Lipinski definition) is 1. The Morgan fingerprint density at radius 2 is 2.31 bits per heavy atom. The second-order valence-corrected chi connectivity index (χ2v) is 3.33. The van der Waals surface area contributed by atoms with Crippen molar-refractivity contribution in [1.82, 2.24) is 0 Å². The summed E-state index contributed by atoms with van der Waals surface area (Å²) in [5.41, 5.74) is 7.72. The molecule has 1 unspecified atom stereocenters. The molecular weight excluding hydrogens is 166 g/mol. The lowest BCUT2D eigenvalue weighted by Crippen LogP contribution is -2.05. The van der Waals surface area contributed by atoms with Crippen molar-refractivity contribution >= 4 is 5.69 Å². The van der Waals surface area contributed by atoms with Crippen LogP contribution in [0.4, 0.5) is 5.69 Å². The molecule has 0 aromatic heterocycles. The second-order valence-electron chi connectivity index (χ2n) is 3.33. The molecule has 13 heavy (non-hydrogen) atoms. The molecule has 70 valence electrons. The summed E-state index contributed by atoms with van der Waals surface area (Å²) in [5.74, 6) is 1.62. The van der Waals surface area contributed by atoms with Crippen LogP contribution in [-0.4, -0.2) is 13.2 Å². The van der Waals surface area contributed by atoms with E-state index < -0.39 is 0 Å². The minimum absolute atomic E-state index is 0.226. The van der Waals surface area contributed by atoms with Gasteiger partial charge in [0.25, 0.3) is 0 Å². The van der Waals surface area contributed by atoms with Crippen LogP contribution in [0.15, 0.2) is 12.1 Å². The quantitative estimate of drug-likeness (QED) is 0.666. The van der Waals surface area contributed by atoms with Gasteiger partial charge in [0.15, 0.2) is 0 Å². The highest BCUT2D eigenvalue weighted by Crippen LogP contribution is 2.36. The molecule has 3 nitrogen and oxygen atoms in total. The van der Waals surface area contributed by atoms with Crippen molar-refractivity contribution in [2.45, 2.75) is 19.4 Å². The van der Waals surface area contributed by atoms with E-state index >= 15 is 0 Å². The maximum Gasteiger partial charge on any atom is 0.128 e. The van der Waals surface area contributed by atoms with Gasteiger partial charge in [-0.15, -0.1) is 0 Å². The molecule has 0 fully saturated rings. The number of hydrogen-bond acceptors (Lipinski definition) is 3. The fourth-order valence-corrected chi connectivity index (χ4v) is 1.63. The third kappa shape index (κ3) is 1.30. The summed E-state index contributed by atoms with van der Waals surface area (Å²) < 4.78 is 10.7. The van der Waals surface area contributed by atoms with Crippen molar-refractivity contribution < 1.29 is 9.47 Å². The van der Waals surface area contributed by atoms with Crippen molar-refractivity contribution in [1.29, 1.82) is 0 Å². The zero-order chi connectivity index (χ0) is 9.42. The Morgan fingerprint density at radius 3 is 3.00 bits per heavy atom. The van der Waals surface area contributed by atoms with E-state index in [0.717, 1.165) is 29.2 Å². The van der Waals surface area contributed by atoms with Crippen LogP contribution in [0, 0.1) is 0 Å².